The Bertz CT molecular complexity index is 792. The van der Waals surface area contributed by atoms with Gasteiger partial charge in [0.1, 0.15) is 5.56 Å². The lowest BCUT2D eigenvalue weighted by Gasteiger charge is -2.29. The average Bonchev–Trinajstić information content (AvgIpc) is 2.80. The molecule has 0 radical (unpaired) electrons. The molecule has 2 aromatic heterocycles. The second-order valence-electron chi connectivity index (χ2n) is 6.19. The van der Waals surface area contributed by atoms with Gasteiger partial charge in [0.05, 0.1) is 5.60 Å². The van der Waals surface area contributed by atoms with Crippen LogP contribution in [0.2, 0.25) is 0 Å². The molecule has 0 aliphatic rings. The molecule has 2 N–H and O–H groups in total. The van der Waals surface area contributed by atoms with E-state index in [0.29, 0.717) is 4.96 Å². The topological polar surface area (TPSA) is 83.7 Å². The molecule has 0 unspecified atom stereocenters. The highest BCUT2D eigenvalue weighted by Gasteiger charge is 2.28. The Morgan fingerprint density at radius 3 is 2.78 bits per heavy atom. The predicted octanol–water partition coefficient (Wildman–Crippen LogP) is 1.90. The zero-order chi connectivity index (χ0) is 17.4. The maximum atomic E-state index is 12.5. The molecule has 1 amide bonds. The highest BCUT2D eigenvalue weighted by Crippen LogP contribution is 2.20. The number of carbonyl (C=O) groups is 1. The first kappa shape index (κ1) is 17.6. The number of hydrogen-bond donors (Lipinski definition) is 2. The zero-order valence-electron chi connectivity index (χ0n) is 14.1. The predicted molar refractivity (Wildman–Crippen MR) is 91.2 cm³/mol. The van der Waals surface area contributed by atoms with Gasteiger partial charge in [0, 0.05) is 23.3 Å². The fraction of sp³-hybridized carbons (Fsp3) is 0.562. The summed E-state index contributed by atoms with van der Waals surface area (Å²) in [7, 11) is 0. The quantitative estimate of drug-likeness (QED) is 0.873. The van der Waals surface area contributed by atoms with Gasteiger partial charge in [0.15, 0.2) is 4.96 Å². The van der Waals surface area contributed by atoms with Crippen molar-refractivity contribution in [3.63, 3.8) is 0 Å². The van der Waals surface area contributed by atoms with E-state index in [4.69, 9.17) is 0 Å². The molecule has 0 saturated carbocycles. The zero-order valence-corrected chi connectivity index (χ0v) is 15.0. The van der Waals surface area contributed by atoms with E-state index in [9.17, 15) is 14.7 Å². The van der Waals surface area contributed by atoms with Crippen LogP contribution in [-0.2, 0) is 0 Å². The molecule has 0 bridgehead atoms. The Morgan fingerprint density at radius 1 is 1.52 bits per heavy atom. The molecule has 0 spiro atoms. The number of amides is 1. The third kappa shape index (κ3) is 3.30. The molecule has 0 aromatic carbocycles. The van der Waals surface area contributed by atoms with Crippen LogP contribution in [0.4, 0.5) is 0 Å². The summed E-state index contributed by atoms with van der Waals surface area (Å²) >= 11 is 1.42. The molecule has 6 nitrogen and oxygen atoms in total. The van der Waals surface area contributed by atoms with E-state index in [1.807, 2.05) is 27.7 Å². The highest BCUT2D eigenvalue weighted by atomic mass is 32.1. The number of hydrogen-bond acceptors (Lipinski definition) is 5. The van der Waals surface area contributed by atoms with Crippen LogP contribution in [0.5, 0.6) is 0 Å². The van der Waals surface area contributed by atoms with E-state index in [1.54, 1.807) is 6.92 Å². The van der Waals surface area contributed by atoms with Crippen molar-refractivity contribution in [2.45, 2.75) is 46.6 Å². The van der Waals surface area contributed by atoms with E-state index in [-0.39, 0.29) is 23.6 Å². The third-order valence-electron chi connectivity index (χ3n) is 4.54. The number of aliphatic hydroxyl groups is 1. The summed E-state index contributed by atoms with van der Waals surface area (Å²) in [6.45, 7) is 9.42. The number of nitrogens with one attached hydrogen (secondary N) is 1. The Kier molecular flexibility index (Phi) is 4.91. The Balaban J connectivity index is 2.27. The van der Waals surface area contributed by atoms with Crippen LogP contribution in [0.1, 0.15) is 48.1 Å². The van der Waals surface area contributed by atoms with Crippen LogP contribution in [0, 0.1) is 19.8 Å². The maximum absolute atomic E-state index is 12.5. The number of rotatable bonds is 5. The van der Waals surface area contributed by atoms with E-state index in [2.05, 4.69) is 10.3 Å². The van der Waals surface area contributed by atoms with Crippen molar-refractivity contribution in [3.8, 4) is 0 Å². The lowest BCUT2D eigenvalue weighted by atomic mass is 9.88. The molecule has 2 heterocycles. The van der Waals surface area contributed by atoms with E-state index in [1.165, 1.54) is 21.9 Å². The number of carbonyl (C=O) groups excluding carboxylic acids is 1. The van der Waals surface area contributed by atoms with Crippen molar-refractivity contribution in [3.05, 3.63) is 32.7 Å². The Morgan fingerprint density at radius 2 is 2.17 bits per heavy atom. The van der Waals surface area contributed by atoms with Gasteiger partial charge >= 0.3 is 0 Å². The lowest BCUT2D eigenvalue weighted by molar-refractivity contribution is 0.00590. The van der Waals surface area contributed by atoms with Gasteiger partial charge in [0.25, 0.3) is 11.5 Å². The molecule has 0 aliphatic carbocycles. The average molecular weight is 337 g/mol. The van der Waals surface area contributed by atoms with Gasteiger partial charge in [-0.3, -0.25) is 14.0 Å². The van der Waals surface area contributed by atoms with Crippen molar-refractivity contribution >= 4 is 22.2 Å². The van der Waals surface area contributed by atoms with Gasteiger partial charge in [0.2, 0.25) is 0 Å². The van der Waals surface area contributed by atoms with Crippen LogP contribution >= 0.6 is 11.3 Å². The number of aryl methyl sites for hydroxylation is 2. The minimum absolute atomic E-state index is 0.0108. The molecule has 0 fully saturated rings. The smallest absolute Gasteiger partial charge is 0.271 e. The summed E-state index contributed by atoms with van der Waals surface area (Å²) in [6.07, 6.45) is 2.10. The SMILES string of the molecule is CC[C@@H](C)[C@@](C)(O)CNC(=O)c1cnc2sc(C)c(C)n2c1=O. The fourth-order valence-corrected chi connectivity index (χ4v) is 3.23. The summed E-state index contributed by atoms with van der Waals surface area (Å²) in [5.41, 5.74) is -0.614. The van der Waals surface area contributed by atoms with Gasteiger partial charge < -0.3 is 10.4 Å². The van der Waals surface area contributed by atoms with Crippen molar-refractivity contribution in [2.75, 3.05) is 6.54 Å². The van der Waals surface area contributed by atoms with Gasteiger partial charge in [-0.25, -0.2) is 4.98 Å². The monoisotopic (exact) mass is 337 g/mol. The van der Waals surface area contributed by atoms with Crippen LogP contribution < -0.4 is 10.9 Å². The lowest BCUT2D eigenvalue weighted by Crippen LogP contribution is -2.46. The van der Waals surface area contributed by atoms with Gasteiger partial charge in [-0.2, -0.15) is 0 Å². The maximum Gasteiger partial charge on any atom is 0.271 e. The molecule has 7 heteroatoms. The van der Waals surface area contributed by atoms with Crippen molar-refractivity contribution in [2.24, 2.45) is 5.92 Å². The van der Waals surface area contributed by atoms with Crippen LogP contribution in [0.3, 0.4) is 0 Å². The summed E-state index contributed by atoms with van der Waals surface area (Å²) in [6, 6.07) is 0. The normalized spacial score (nSPS) is 15.4. The van der Waals surface area contributed by atoms with Crippen molar-refractivity contribution in [1.29, 1.82) is 0 Å². The molecule has 126 valence electrons. The second-order valence-corrected chi connectivity index (χ2v) is 7.37. The van der Waals surface area contributed by atoms with Crippen molar-refractivity contribution < 1.29 is 9.90 Å². The first-order chi connectivity index (χ1) is 10.7. The fourth-order valence-electron chi connectivity index (χ4n) is 2.30. The number of fused-ring (bicyclic) bond motifs is 1. The Hall–Kier alpha value is -1.73. The molecule has 2 atom stereocenters. The molecule has 23 heavy (non-hydrogen) atoms. The third-order valence-corrected chi connectivity index (χ3v) is 5.62. The number of nitrogens with zero attached hydrogens (tertiary/aromatic N) is 2. The molecule has 2 aromatic rings. The minimum Gasteiger partial charge on any atom is -0.388 e. The van der Waals surface area contributed by atoms with Gasteiger partial charge in [-0.1, -0.05) is 20.3 Å². The van der Waals surface area contributed by atoms with E-state index in [0.717, 1.165) is 17.0 Å². The van der Waals surface area contributed by atoms with Gasteiger partial charge in [-0.05, 0) is 26.7 Å². The van der Waals surface area contributed by atoms with Crippen LogP contribution in [-0.4, -0.2) is 32.5 Å². The summed E-state index contributed by atoms with van der Waals surface area (Å²) in [4.78, 5) is 30.6. The summed E-state index contributed by atoms with van der Waals surface area (Å²) in [5.74, 6) is -0.477. The summed E-state index contributed by atoms with van der Waals surface area (Å²) < 4.78 is 1.46. The Labute approximate surface area is 139 Å². The van der Waals surface area contributed by atoms with Crippen molar-refractivity contribution in [1.82, 2.24) is 14.7 Å². The number of thiazole rings is 1. The molecule has 2 rings (SSSR count). The largest absolute Gasteiger partial charge is 0.388 e. The highest BCUT2D eigenvalue weighted by molar-refractivity contribution is 7.17. The number of aromatic nitrogens is 2. The molecule has 0 saturated heterocycles. The first-order valence-corrected chi connectivity index (χ1v) is 8.49. The standard InChI is InChI=1S/C16H23N3O3S/c1-6-9(2)16(5,22)8-18-13(20)12-7-17-15-19(14(12)21)10(3)11(4)23-15/h7,9,22H,6,8H2,1-5H3,(H,18,20)/t9-,16+/m1/s1. The van der Waals surface area contributed by atoms with E-state index < -0.39 is 11.5 Å². The van der Waals surface area contributed by atoms with E-state index >= 15 is 0 Å². The summed E-state index contributed by atoms with van der Waals surface area (Å²) in [5, 5.41) is 13.0. The van der Waals surface area contributed by atoms with Crippen LogP contribution in [0.25, 0.3) is 4.96 Å². The molecule has 0 aliphatic heterocycles. The molecular weight excluding hydrogens is 314 g/mol. The first-order valence-electron chi connectivity index (χ1n) is 7.67. The van der Waals surface area contributed by atoms with Gasteiger partial charge in [-0.15, -0.1) is 11.3 Å². The minimum atomic E-state index is -1.02. The molecular formula is C16H23N3O3S. The van der Waals surface area contributed by atoms with Crippen LogP contribution in [0.15, 0.2) is 11.0 Å². The second kappa shape index (κ2) is 6.41.